The van der Waals surface area contributed by atoms with Gasteiger partial charge >= 0.3 is 0 Å². The van der Waals surface area contributed by atoms with Crippen LogP contribution in [0.1, 0.15) is 72.2 Å². The zero-order chi connectivity index (χ0) is 24.9. The molecule has 2 aromatic carbocycles. The third kappa shape index (κ3) is 5.66. The SMILES string of the molecule is Cc1c(NC(=O)c2ccc(OCC(=O)N3C(C)CCCC3C)cc2)cccc1C(=O)N1CCCC1. The van der Waals surface area contributed by atoms with E-state index < -0.39 is 0 Å². The number of nitrogens with one attached hydrogen (secondary N) is 1. The highest BCUT2D eigenvalue weighted by atomic mass is 16.5. The number of ether oxygens (including phenoxy) is 1. The van der Waals surface area contributed by atoms with Crippen LogP contribution in [-0.4, -0.2) is 59.3 Å². The average molecular weight is 478 g/mol. The normalized spacial score (nSPS) is 20.0. The number of piperidine rings is 1. The fraction of sp³-hybridized carbons (Fsp3) is 0.464. The topological polar surface area (TPSA) is 79.0 Å². The smallest absolute Gasteiger partial charge is 0.260 e. The van der Waals surface area contributed by atoms with Crippen molar-refractivity contribution in [2.75, 3.05) is 25.0 Å². The zero-order valence-electron chi connectivity index (χ0n) is 20.9. The van der Waals surface area contributed by atoms with Crippen LogP contribution in [0.5, 0.6) is 5.75 Å². The molecule has 0 bridgehead atoms. The predicted molar refractivity (Wildman–Crippen MR) is 136 cm³/mol. The molecule has 2 aliphatic rings. The van der Waals surface area contributed by atoms with Crippen LogP contribution in [0.2, 0.25) is 0 Å². The molecule has 186 valence electrons. The molecule has 0 radical (unpaired) electrons. The summed E-state index contributed by atoms with van der Waals surface area (Å²) in [7, 11) is 0. The molecule has 0 saturated carbocycles. The quantitative estimate of drug-likeness (QED) is 0.657. The van der Waals surface area contributed by atoms with Crippen LogP contribution < -0.4 is 10.1 Å². The summed E-state index contributed by atoms with van der Waals surface area (Å²) in [5, 5.41) is 2.92. The van der Waals surface area contributed by atoms with Crippen molar-refractivity contribution >= 4 is 23.4 Å². The van der Waals surface area contributed by atoms with E-state index in [2.05, 4.69) is 19.2 Å². The van der Waals surface area contributed by atoms with Crippen LogP contribution in [0, 0.1) is 6.92 Å². The van der Waals surface area contributed by atoms with Gasteiger partial charge in [0.1, 0.15) is 5.75 Å². The predicted octanol–water partition coefficient (Wildman–Crippen LogP) is 4.65. The van der Waals surface area contributed by atoms with E-state index >= 15 is 0 Å². The second-order valence-electron chi connectivity index (χ2n) is 9.67. The number of amides is 3. The Hall–Kier alpha value is -3.35. The Kier molecular flexibility index (Phi) is 7.73. The van der Waals surface area contributed by atoms with E-state index in [1.165, 1.54) is 0 Å². The van der Waals surface area contributed by atoms with E-state index in [1.807, 2.05) is 22.8 Å². The molecule has 0 aliphatic carbocycles. The van der Waals surface area contributed by atoms with Crippen LogP contribution in [0.4, 0.5) is 5.69 Å². The number of hydrogen-bond acceptors (Lipinski definition) is 4. The molecule has 0 aromatic heterocycles. The second-order valence-corrected chi connectivity index (χ2v) is 9.67. The van der Waals surface area contributed by atoms with Crippen molar-refractivity contribution in [1.82, 2.24) is 9.80 Å². The Morgan fingerprint density at radius 3 is 2.26 bits per heavy atom. The van der Waals surface area contributed by atoms with Crippen LogP contribution in [-0.2, 0) is 4.79 Å². The summed E-state index contributed by atoms with van der Waals surface area (Å²) in [4.78, 5) is 42.1. The van der Waals surface area contributed by atoms with Gasteiger partial charge in [-0.2, -0.15) is 0 Å². The van der Waals surface area contributed by atoms with Crippen LogP contribution in [0.15, 0.2) is 42.5 Å². The van der Waals surface area contributed by atoms with E-state index in [0.717, 1.165) is 50.8 Å². The number of anilines is 1. The van der Waals surface area contributed by atoms with Crippen molar-refractivity contribution in [3.63, 3.8) is 0 Å². The monoisotopic (exact) mass is 477 g/mol. The van der Waals surface area contributed by atoms with Crippen LogP contribution in [0.3, 0.4) is 0 Å². The maximum Gasteiger partial charge on any atom is 0.260 e. The molecule has 4 rings (SSSR count). The van der Waals surface area contributed by atoms with E-state index in [1.54, 1.807) is 36.4 Å². The summed E-state index contributed by atoms with van der Waals surface area (Å²) in [5.74, 6) is 0.282. The largest absolute Gasteiger partial charge is 0.484 e. The third-order valence-electron chi connectivity index (χ3n) is 7.17. The molecule has 3 amide bonds. The van der Waals surface area contributed by atoms with E-state index in [-0.39, 0.29) is 36.4 Å². The highest BCUT2D eigenvalue weighted by molar-refractivity contribution is 6.06. The Labute approximate surface area is 207 Å². The molecule has 1 N–H and O–H groups in total. The number of benzene rings is 2. The minimum atomic E-state index is -0.266. The highest BCUT2D eigenvalue weighted by Gasteiger charge is 2.29. The first-order valence-corrected chi connectivity index (χ1v) is 12.6. The van der Waals surface area contributed by atoms with Gasteiger partial charge in [-0.05, 0) is 94.8 Å². The summed E-state index contributed by atoms with van der Waals surface area (Å²) in [6, 6.07) is 12.6. The molecule has 2 aromatic rings. The standard InChI is InChI=1S/C28H35N3O4/c1-19-8-6-9-20(2)31(19)26(32)18-35-23-14-12-22(13-15-23)27(33)29-25-11-7-10-24(21(25)3)28(34)30-16-4-5-17-30/h7,10-15,19-20H,4-6,8-9,16-18H2,1-3H3,(H,29,33). The fourth-order valence-corrected chi connectivity index (χ4v) is 5.12. The van der Waals surface area contributed by atoms with Crippen molar-refractivity contribution < 1.29 is 19.1 Å². The summed E-state index contributed by atoms with van der Waals surface area (Å²) in [6.45, 7) is 7.57. The van der Waals surface area contributed by atoms with Gasteiger partial charge < -0.3 is 19.9 Å². The van der Waals surface area contributed by atoms with Gasteiger partial charge in [0.05, 0.1) is 0 Å². The lowest BCUT2D eigenvalue weighted by atomic mass is 9.97. The summed E-state index contributed by atoms with van der Waals surface area (Å²) >= 11 is 0. The van der Waals surface area contributed by atoms with Gasteiger partial charge in [-0.1, -0.05) is 6.07 Å². The van der Waals surface area contributed by atoms with Crippen molar-refractivity contribution in [3.8, 4) is 5.75 Å². The Balaban J connectivity index is 1.36. The molecule has 2 unspecified atom stereocenters. The van der Waals surface area contributed by atoms with E-state index in [4.69, 9.17) is 4.74 Å². The molecular formula is C28H35N3O4. The molecule has 2 aliphatic heterocycles. The van der Waals surface area contributed by atoms with Crippen LogP contribution in [0.25, 0.3) is 0 Å². The molecule has 2 saturated heterocycles. The number of hydrogen-bond donors (Lipinski definition) is 1. The molecule has 2 fully saturated rings. The Bertz CT molecular complexity index is 1070. The maximum absolute atomic E-state index is 12.9. The van der Waals surface area contributed by atoms with Gasteiger partial charge in [0.25, 0.3) is 17.7 Å². The maximum atomic E-state index is 12.9. The van der Waals surface area contributed by atoms with Gasteiger partial charge in [-0.3, -0.25) is 14.4 Å². The van der Waals surface area contributed by atoms with E-state index in [9.17, 15) is 14.4 Å². The minimum Gasteiger partial charge on any atom is -0.484 e. The van der Waals surface area contributed by atoms with Gasteiger partial charge in [-0.15, -0.1) is 0 Å². The fourth-order valence-electron chi connectivity index (χ4n) is 5.12. The van der Waals surface area contributed by atoms with Gasteiger partial charge in [-0.25, -0.2) is 0 Å². The average Bonchev–Trinajstić information content (AvgIpc) is 3.39. The van der Waals surface area contributed by atoms with Crippen molar-refractivity contribution in [1.29, 1.82) is 0 Å². The summed E-state index contributed by atoms with van der Waals surface area (Å²) in [6.07, 6.45) is 5.26. The van der Waals surface area contributed by atoms with Crippen molar-refractivity contribution in [2.24, 2.45) is 0 Å². The van der Waals surface area contributed by atoms with Crippen molar-refractivity contribution in [2.45, 2.75) is 65.0 Å². The Morgan fingerprint density at radius 2 is 1.60 bits per heavy atom. The van der Waals surface area contributed by atoms with Crippen molar-refractivity contribution in [3.05, 3.63) is 59.2 Å². The number of rotatable bonds is 6. The molecule has 2 heterocycles. The van der Waals surface area contributed by atoms with Gasteiger partial charge in [0.2, 0.25) is 0 Å². The molecule has 2 atom stereocenters. The zero-order valence-corrected chi connectivity index (χ0v) is 20.9. The molecule has 7 nitrogen and oxygen atoms in total. The first-order valence-electron chi connectivity index (χ1n) is 12.6. The minimum absolute atomic E-state index is 0.00893. The molecule has 0 spiro atoms. The van der Waals surface area contributed by atoms with Crippen LogP contribution >= 0.6 is 0 Å². The number of nitrogens with zero attached hydrogens (tertiary/aromatic N) is 2. The first-order chi connectivity index (χ1) is 16.8. The first kappa shape index (κ1) is 24.8. The molecule has 7 heteroatoms. The number of carbonyl (C=O) groups excluding carboxylic acids is 3. The summed E-state index contributed by atoms with van der Waals surface area (Å²) < 4.78 is 5.72. The van der Waals surface area contributed by atoms with Gasteiger partial charge in [0, 0.05) is 42.0 Å². The van der Waals surface area contributed by atoms with E-state index in [0.29, 0.717) is 22.6 Å². The highest BCUT2D eigenvalue weighted by Crippen LogP contribution is 2.24. The number of carbonyl (C=O) groups is 3. The van der Waals surface area contributed by atoms with Gasteiger partial charge in [0.15, 0.2) is 6.61 Å². The third-order valence-corrected chi connectivity index (χ3v) is 7.17. The number of likely N-dealkylation sites (tertiary alicyclic amines) is 2. The lowest BCUT2D eigenvalue weighted by Gasteiger charge is -2.38. The lowest BCUT2D eigenvalue weighted by Crippen LogP contribution is -2.49. The Morgan fingerprint density at radius 1 is 0.943 bits per heavy atom. The molecular weight excluding hydrogens is 442 g/mol. The lowest BCUT2D eigenvalue weighted by molar-refractivity contribution is -0.139. The molecule has 35 heavy (non-hydrogen) atoms. The summed E-state index contributed by atoms with van der Waals surface area (Å²) in [5.41, 5.74) is 2.47. The second kappa shape index (κ2) is 10.9.